The van der Waals surface area contributed by atoms with E-state index in [1.54, 1.807) is 0 Å². The molecule has 24 heavy (non-hydrogen) atoms. The summed E-state index contributed by atoms with van der Waals surface area (Å²) < 4.78 is 13.1. The molecule has 0 atom stereocenters. The SMILES string of the molecule is CCN1C(c2ccccc2C(=O)c2ccc(F)cc2)=NCC1(C)C. The van der Waals surface area contributed by atoms with Crippen LogP contribution in [-0.4, -0.2) is 35.1 Å². The quantitative estimate of drug-likeness (QED) is 0.799. The highest BCUT2D eigenvalue weighted by atomic mass is 19.1. The molecule has 0 unspecified atom stereocenters. The van der Waals surface area contributed by atoms with Crippen LogP contribution in [0.1, 0.15) is 42.3 Å². The monoisotopic (exact) mass is 324 g/mol. The molecule has 0 amide bonds. The number of hydrogen-bond acceptors (Lipinski definition) is 3. The summed E-state index contributed by atoms with van der Waals surface area (Å²) in [5, 5.41) is 0. The lowest BCUT2D eigenvalue weighted by Gasteiger charge is -2.33. The van der Waals surface area contributed by atoms with Crippen molar-refractivity contribution in [3.8, 4) is 0 Å². The molecule has 0 spiro atoms. The second kappa shape index (κ2) is 6.19. The van der Waals surface area contributed by atoms with Crippen LogP contribution in [0.5, 0.6) is 0 Å². The van der Waals surface area contributed by atoms with Gasteiger partial charge in [-0.05, 0) is 45.0 Å². The Labute approximate surface area is 141 Å². The molecule has 0 bridgehead atoms. The minimum atomic E-state index is -0.348. The van der Waals surface area contributed by atoms with Gasteiger partial charge in [0.2, 0.25) is 0 Å². The second-order valence-electron chi connectivity index (χ2n) is 6.58. The zero-order valence-corrected chi connectivity index (χ0v) is 14.2. The average molecular weight is 324 g/mol. The molecule has 0 radical (unpaired) electrons. The van der Waals surface area contributed by atoms with Crippen molar-refractivity contribution in [1.29, 1.82) is 0 Å². The highest BCUT2D eigenvalue weighted by Crippen LogP contribution is 2.27. The van der Waals surface area contributed by atoms with E-state index in [-0.39, 0.29) is 17.1 Å². The van der Waals surface area contributed by atoms with E-state index in [9.17, 15) is 9.18 Å². The maximum atomic E-state index is 13.1. The van der Waals surface area contributed by atoms with Gasteiger partial charge in [0, 0.05) is 23.2 Å². The number of rotatable bonds is 4. The van der Waals surface area contributed by atoms with Crippen molar-refractivity contribution in [3.63, 3.8) is 0 Å². The molecule has 2 aromatic carbocycles. The van der Waals surface area contributed by atoms with Crippen LogP contribution in [0, 0.1) is 5.82 Å². The highest BCUT2D eigenvalue weighted by molar-refractivity contribution is 6.16. The molecule has 0 fully saturated rings. The van der Waals surface area contributed by atoms with Gasteiger partial charge in [0.1, 0.15) is 11.7 Å². The van der Waals surface area contributed by atoms with Crippen molar-refractivity contribution in [2.45, 2.75) is 26.3 Å². The molecule has 1 aliphatic heterocycles. The van der Waals surface area contributed by atoms with Gasteiger partial charge >= 0.3 is 0 Å². The van der Waals surface area contributed by atoms with Gasteiger partial charge in [0.25, 0.3) is 0 Å². The summed E-state index contributed by atoms with van der Waals surface area (Å²) in [5.41, 5.74) is 1.85. The molecule has 0 saturated heterocycles. The number of ketones is 1. The summed E-state index contributed by atoms with van der Waals surface area (Å²) in [7, 11) is 0. The molecule has 0 N–H and O–H groups in total. The second-order valence-corrected chi connectivity index (χ2v) is 6.58. The number of benzene rings is 2. The fourth-order valence-corrected chi connectivity index (χ4v) is 3.17. The van der Waals surface area contributed by atoms with Crippen LogP contribution < -0.4 is 0 Å². The smallest absolute Gasteiger partial charge is 0.193 e. The number of amidine groups is 1. The molecule has 0 saturated carbocycles. The first-order valence-electron chi connectivity index (χ1n) is 8.16. The third-order valence-corrected chi connectivity index (χ3v) is 4.44. The van der Waals surface area contributed by atoms with Crippen LogP contribution in [-0.2, 0) is 0 Å². The topological polar surface area (TPSA) is 32.7 Å². The van der Waals surface area contributed by atoms with E-state index in [1.807, 2.05) is 24.3 Å². The molecule has 2 aromatic rings. The number of carbonyl (C=O) groups is 1. The first-order chi connectivity index (χ1) is 11.4. The normalized spacial score (nSPS) is 16.2. The predicted molar refractivity (Wildman–Crippen MR) is 94.1 cm³/mol. The van der Waals surface area contributed by atoms with Gasteiger partial charge < -0.3 is 4.90 Å². The Morgan fingerprint density at radius 1 is 1.17 bits per heavy atom. The van der Waals surface area contributed by atoms with Crippen LogP contribution in [0.25, 0.3) is 0 Å². The predicted octanol–water partition coefficient (Wildman–Crippen LogP) is 3.92. The molecular formula is C20H21FN2O. The third kappa shape index (κ3) is 2.84. The zero-order chi connectivity index (χ0) is 17.3. The van der Waals surface area contributed by atoms with Crippen molar-refractivity contribution in [1.82, 2.24) is 4.90 Å². The molecule has 0 aromatic heterocycles. The molecular weight excluding hydrogens is 303 g/mol. The minimum Gasteiger partial charge on any atom is -0.350 e. The van der Waals surface area contributed by atoms with Crippen molar-refractivity contribution in [3.05, 3.63) is 71.0 Å². The van der Waals surface area contributed by atoms with Crippen LogP contribution in [0.4, 0.5) is 4.39 Å². The Balaban J connectivity index is 2.03. The zero-order valence-electron chi connectivity index (χ0n) is 14.2. The van der Waals surface area contributed by atoms with Crippen LogP contribution in [0.2, 0.25) is 0 Å². The maximum Gasteiger partial charge on any atom is 0.193 e. The molecule has 1 aliphatic rings. The number of aliphatic imine (C=N–C) groups is 1. The summed E-state index contributed by atoms with van der Waals surface area (Å²) in [5.74, 6) is 0.390. The van der Waals surface area contributed by atoms with Crippen molar-refractivity contribution >= 4 is 11.6 Å². The number of hydrogen-bond donors (Lipinski definition) is 0. The minimum absolute atomic E-state index is 0.0594. The van der Waals surface area contributed by atoms with Gasteiger partial charge in [-0.2, -0.15) is 0 Å². The van der Waals surface area contributed by atoms with Gasteiger partial charge in [0.15, 0.2) is 5.78 Å². The number of halogens is 1. The maximum absolute atomic E-state index is 13.1. The fourth-order valence-electron chi connectivity index (χ4n) is 3.17. The first-order valence-corrected chi connectivity index (χ1v) is 8.16. The standard InChI is InChI=1S/C20H21FN2O/c1-4-23-19(22-13-20(23,2)3)17-8-6-5-7-16(17)18(24)14-9-11-15(21)12-10-14/h5-12H,4,13H2,1-3H3. The van der Waals surface area contributed by atoms with E-state index in [1.165, 1.54) is 24.3 Å². The van der Waals surface area contributed by atoms with E-state index < -0.39 is 0 Å². The average Bonchev–Trinajstić information content (AvgIpc) is 2.89. The lowest BCUT2D eigenvalue weighted by atomic mass is 9.96. The van der Waals surface area contributed by atoms with E-state index in [0.29, 0.717) is 17.7 Å². The number of likely N-dealkylation sites (N-methyl/N-ethyl adjacent to an activating group) is 1. The van der Waals surface area contributed by atoms with Crippen LogP contribution >= 0.6 is 0 Å². The molecule has 0 aliphatic carbocycles. The Hall–Kier alpha value is -2.49. The number of nitrogens with zero attached hydrogens (tertiary/aromatic N) is 2. The molecule has 4 heteroatoms. The number of carbonyl (C=O) groups excluding carboxylic acids is 1. The Morgan fingerprint density at radius 2 is 1.83 bits per heavy atom. The summed E-state index contributed by atoms with van der Waals surface area (Å²) in [4.78, 5) is 19.8. The van der Waals surface area contributed by atoms with Gasteiger partial charge in [-0.1, -0.05) is 24.3 Å². The van der Waals surface area contributed by atoms with E-state index in [0.717, 1.165) is 17.9 Å². The van der Waals surface area contributed by atoms with Gasteiger partial charge in [0.05, 0.1) is 12.1 Å². The summed E-state index contributed by atoms with van der Waals surface area (Å²) in [6.45, 7) is 7.92. The van der Waals surface area contributed by atoms with Crippen LogP contribution in [0.15, 0.2) is 53.5 Å². The Bertz CT molecular complexity index is 794. The first kappa shape index (κ1) is 16.4. The summed E-state index contributed by atoms with van der Waals surface area (Å²) in [6.07, 6.45) is 0. The van der Waals surface area contributed by atoms with Gasteiger partial charge in [-0.3, -0.25) is 9.79 Å². The van der Waals surface area contributed by atoms with Crippen molar-refractivity contribution in [2.75, 3.05) is 13.1 Å². The third-order valence-electron chi connectivity index (χ3n) is 4.44. The van der Waals surface area contributed by atoms with E-state index in [2.05, 4.69) is 25.7 Å². The summed E-state index contributed by atoms with van der Waals surface area (Å²) >= 11 is 0. The summed E-state index contributed by atoms with van der Waals surface area (Å²) in [6, 6.07) is 13.2. The fraction of sp³-hybridized carbons (Fsp3) is 0.300. The largest absolute Gasteiger partial charge is 0.350 e. The van der Waals surface area contributed by atoms with Crippen molar-refractivity contribution < 1.29 is 9.18 Å². The Kier molecular flexibility index (Phi) is 4.22. The van der Waals surface area contributed by atoms with Crippen LogP contribution in [0.3, 0.4) is 0 Å². The Morgan fingerprint density at radius 3 is 2.50 bits per heavy atom. The lowest BCUT2D eigenvalue weighted by Crippen LogP contribution is -2.45. The molecule has 1 heterocycles. The van der Waals surface area contributed by atoms with E-state index >= 15 is 0 Å². The lowest BCUT2D eigenvalue weighted by molar-refractivity contribution is 0.103. The molecule has 124 valence electrons. The highest BCUT2D eigenvalue weighted by Gasteiger charge is 2.35. The molecule has 3 rings (SSSR count). The molecule has 3 nitrogen and oxygen atoms in total. The van der Waals surface area contributed by atoms with E-state index in [4.69, 9.17) is 4.99 Å². The van der Waals surface area contributed by atoms with Crippen molar-refractivity contribution in [2.24, 2.45) is 4.99 Å². The van der Waals surface area contributed by atoms with Gasteiger partial charge in [-0.25, -0.2) is 4.39 Å². The van der Waals surface area contributed by atoms with Gasteiger partial charge in [-0.15, -0.1) is 0 Å².